The number of hydrogen-bond donors (Lipinski definition) is 0. The van der Waals surface area contributed by atoms with Crippen molar-refractivity contribution in [1.29, 1.82) is 0 Å². The van der Waals surface area contributed by atoms with Crippen molar-refractivity contribution in [3.05, 3.63) is 30.3 Å². The molecule has 0 saturated carbocycles. The van der Waals surface area contributed by atoms with Crippen LogP contribution < -0.4 is 19.3 Å². The topological polar surface area (TPSA) is 88.1 Å². The maximum atomic E-state index is 13.2. The van der Waals surface area contributed by atoms with Gasteiger partial charge in [0.2, 0.25) is 10.0 Å². The zero-order chi connectivity index (χ0) is 22.8. The van der Waals surface area contributed by atoms with E-state index in [1.54, 1.807) is 18.2 Å². The van der Waals surface area contributed by atoms with Crippen LogP contribution in [0.5, 0.6) is 11.5 Å². The first-order valence-electron chi connectivity index (χ1n) is 11.7. The van der Waals surface area contributed by atoms with Crippen molar-refractivity contribution in [2.24, 2.45) is 5.92 Å². The highest BCUT2D eigenvalue weighted by Crippen LogP contribution is 2.33. The predicted octanol–water partition coefficient (Wildman–Crippen LogP) is 2.39. The van der Waals surface area contributed by atoms with Gasteiger partial charge in [0.15, 0.2) is 23.1 Å². The largest absolute Gasteiger partial charge is 0.490 e. The number of piperazine rings is 1. The van der Waals surface area contributed by atoms with Gasteiger partial charge in [-0.05, 0) is 43.0 Å². The third-order valence-corrected chi connectivity index (χ3v) is 8.56. The van der Waals surface area contributed by atoms with Crippen LogP contribution in [0, 0.1) is 5.92 Å². The molecule has 33 heavy (non-hydrogen) atoms. The molecule has 0 unspecified atom stereocenters. The summed E-state index contributed by atoms with van der Waals surface area (Å²) >= 11 is 0. The number of sulfonamides is 1. The van der Waals surface area contributed by atoms with Crippen LogP contribution in [0.3, 0.4) is 0 Å². The van der Waals surface area contributed by atoms with Crippen LogP contribution in [0.2, 0.25) is 0 Å². The molecule has 5 rings (SSSR count). The third-order valence-electron chi connectivity index (χ3n) is 6.66. The second-order valence-electron chi connectivity index (χ2n) is 8.97. The van der Waals surface area contributed by atoms with Crippen molar-refractivity contribution in [3.8, 4) is 11.5 Å². The van der Waals surface area contributed by atoms with Gasteiger partial charge in [0.05, 0.1) is 18.1 Å². The summed E-state index contributed by atoms with van der Waals surface area (Å²) in [5.74, 6) is 3.56. The van der Waals surface area contributed by atoms with Crippen LogP contribution in [0.1, 0.15) is 26.2 Å². The third kappa shape index (κ3) is 4.72. The summed E-state index contributed by atoms with van der Waals surface area (Å²) in [6.45, 7) is 7.35. The molecule has 2 aromatic rings. The fourth-order valence-electron chi connectivity index (χ4n) is 4.50. The number of benzene rings is 1. The minimum absolute atomic E-state index is 0.236. The van der Waals surface area contributed by atoms with Gasteiger partial charge >= 0.3 is 0 Å². The molecule has 2 fully saturated rings. The lowest BCUT2D eigenvalue weighted by Crippen LogP contribution is -2.49. The van der Waals surface area contributed by atoms with Gasteiger partial charge < -0.3 is 19.3 Å². The summed E-state index contributed by atoms with van der Waals surface area (Å²) < 4.78 is 39.3. The number of aromatic nitrogens is 2. The highest BCUT2D eigenvalue weighted by Gasteiger charge is 2.30. The molecule has 10 heteroatoms. The molecule has 4 heterocycles. The second kappa shape index (κ2) is 9.34. The number of anilines is 2. The van der Waals surface area contributed by atoms with Gasteiger partial charge in [-0.25, -0.2) is 8.42 Å². The molecular formula is C23H31N5O4S. The highest BCUT2D eigenvalue weighted by molar-refractivity contribution is 7.89. The first kappa shape index (κ1) is 22.2. The number of hydrogen-bond acceptors (Lipinski definition) is 8. The Labute approximate surface area is 195 Å². The standard InChI is InChI=1S/C23H31N5O4S/c1-18-7-9-26(10-8-18)22-5-6-23(25-24-22)27-11-13-28(14-12-27)33(29,30)19-3-4-20-21(17-19)32-16-2-15-31-20/h3-6,17-18H,2,7-16H2,1H3. The fourth-order valence-corrected chi connectivity index (χ4v) is 5.94. The van der Waals surface area contributed by atoms with E-state index in [4.69, 9.17) is 9.47 Å². The van der Waals surface area contributed by atoms with Crippen molar-refractivity contribution in [1.82, 2.24) is 14.5 Å². The first-order chi connectivity index (χ1) is 16.0. The SMILES string of the molecule is CC1CCN(c2ccc(N3CCN(S(=O)(=O)c4ccc5c(c4)OCCCO5)CC3)nn2)CC1. The molecule has 178 valence electrons. The molecule has 2 saturated heterocycles. The van der Waals surface area contributed by atoms with E-state index in [1.807, 2.05) is 12.1 Å². The predicted molar refractivity (Wildman–Crippen MR) is 126 cm³/mol. The van der Waals surface area contributed by atoms with E-state index < -0.39 is 10.0 Å². The molecule has 0 N–H and O–H groups in total. The van der Waals surface area contributed by atoms with Crippen molar-refractivity contribution in [3.63, 3.8) is 0 Å². The Morgan fingerprint density at radius 2 is 1.42 bits per heavy atom. The Morgan fingerprint density at radius 1 is 0.818 bits per heavy atom. The summed E-state index contributed by atoms with van der Waals surface area (Å²) in [5, 5.41) is 8.88. The number of ether oxygens (including phenoxy) is 2. The van der Waals surface area contributed by atoms with Crippen LogP contribution in [0.15, 0.2) is 35.2 Å². The average molecular weight is 474 g/mol. The minimum atomic E-state index is -3.61. The molecular weight excluding hydrogens is 442 g/mol. The molecule has 0 aliphatic carbocycles. The summed E-state index contributed by atoms with van der Waals surface area (Å²) in [7, 11) is -3.61. The van der Waals surface area contributed by atoms with Gasteiger partial charge in [-0.1, -0.05) is 6.92 Å². The van der Waals surface area contributed by atoms with Crippen molar-refractivity contribution in [2.45, 2.75) is 31.1 Å². The molecule has 0 atom stereocenters. The molecule has 0 radical (unpaired) electrons. The maximum absolute atomic E-state index is 13.2. The Balaban J connectivity index is 1.22. The van der Waals surface area contributed by atoms with Gasteiger partial charge in [0, 0.05) is 51.8 Å². The Morgan fingerprint density at radius 3 is 2.06 bits per heavy atom. The van der Waals surface area contributed by atoms with E-state index in [0.29, 0.717) is 50.9 Å². The fraction of sp³-hybridized carbons (Fsp3) is 0.565. The molecule has 0 spiro atoms. The molecule has 9 nitrogen and oxygen atoms in total. The average Bonchev–Trinajstić information content (AvgIpc) is 3.10. The normalized spacial score (nSPS) is 20.5. The Bertz CT molecular complexity index is 1060. The van der Waals surface area contributed by atoms with Crippen molar-refractivity contribution >= 4 is 21.7 Å². The lowest BCUT2D eigenvalue weighted by molar-refractivity contribution is 0.296. The summed E-state index contributed by atoms with van der Waals surface area (Å²) in [6, 6.07) is 8.88. The Hall–Kier alpha value is -2.59. The van der Waals surface area contributed by atoms with E-state index >= 15 is 0 Å². The monoisotopic (exact) mass is 473 g/mol. The zero-order valence-electron chi connectivity index (χ0n) is 19.0. The highest BCUT2D eigenvalue weighted by atomic mass is 32.2. The van der Waals surface area contributed by atoms with E-state index in [9.17, 15) is 8.42 Å². The quantitative estimate of drug-likeness (QED) is 0.669. The first-order valence-corrected chi connectivity index (χ1v) is 13.2. The summed E-state index contributed by atoms with van der Waals surface area (Å²) in [5.41, 5.74) is 0. The Kier molecular flexibility index (Phi) is 6.29. The van der Waals surface area contributed by atoms with E-state index in [0.717, 1.165) is 37.1 Å². The van der Waals surface area contributed by atoms with Crippen LogP contribution >= 0.6 is 0 Å². The lowest BCUT2D eigenvalue weighted by Gasteiger charge is -2.35. The van der Waals surface area contributed by atoms with Gasteiger partial charge in [-0.3, -0.25) is 0 Å². The molecule has 1 aromatic carbocycles. The van der Waals surface area contributed by atoms with Gasteiger partial charge in [0.1, 0.15) is 0 Å². The van der Waals surface area contributed by atoms with E-state index in [1.165, 1.54) is 17.1 Å². The number of piperidine rings is 1. The van der Waals surface area contributed by atoms with E-state index in [-0.39, 0.29) is 4.90 Å². The molecule has 0 amide bonds. The van der Waals surface area contributed by atoms with Crippen molar-refractivity contribution in [2.75, 3.05) is 62.3 Å². The smallest absolute Gasteiger partial charge is 0.243 e. The molecule has 3 aliphatic rings. The maximum Gasteiger partial charge on any atom is 0.243 e. The molecule has 3 aliphatic heterocycles. The second-order valence-corrected chi connectivity index (χ2v) is 10.9. The van der Waals surface area contributed by atoms with Crippen LogP contribution in [-0.4, -0.2) is 75.4 Å². The van der Waals surface area contributed by atoms with Gasteiger partial charge in [-0.15, -0.1) is 10.2 Å². The molecule has 0 bridgehead atoms. The van der Waals surface area contributed by atoms with Crippen LogP contribution in [0.4, 0.5) is 11.6 Å². The summed E-state index contributed by atoms with van der Waals surface area (Å²) in [6.07, 6.45) is 3.15. The number of rotatable bonds is 4. The minimum Gasteiger partial charge on any atom is -0.490 e. The van der Waals surface area contributed by atoms with E-state index in [2.05, 4.69) is 26.9 Å². The zero-order valence-corrected chi connectivity index (χ0v) is 19.8. The summed E-state index contributed by atoms with van der Waals surface area (Å²) in [4.78, 5) is 4.62. The van der Waals surface area contributed by atoms with Gasteiger partial charge in [-0.2, -0.15) is 4.31 Å². The molecule has 1 aromatic heterocycles. The van der Waals surface area contributed by atoms with Crippen LogP contribution in [-0.2, 0) is 10.0 Å². The van der Waals surface area contributed by atoms with Gasteiger partial charge in [0.25, 0.3) is 0 Å². The van der Waals surface area contributed by atoms with Crippen LogP contribution in [0.25, 0.3) is 0 Å². The van der Waals surface area contributed by atoms with Crippen molar-refractivity contribution < 1.29 is 17.9 Å². The lowest BCUT2D eigenvalue weighted by atomic mass is 9.99. The number of nitrogens with zero attached hydrogens (tertiary/aromatic N) is 5. The number of fused-ring (bicyclic) bond motifs is 1.